The average Bonchev–Trinajstić information content (AvgIpc) is 2.39. The van der Waals surface area contributed by atoms with Crippen LogP contribution < -0.4 is 16.2 Å². The maximum atomic E-state index is 5.37. The maximum absolute atomic E-state index is 5.37. The van der Waals surface area contributed by atoms with Crippen LogP contribution in [0.25, 0.3) is 0 Å². The number of nitrogens with zero attached hydrogens (tertiary/aromatic N) is 2. The van der Waals surface area contributed by atoms with Crippen LogP contribution in [0.5, 0.6) is 0 Å². The highest BCUT2D eigenvalue weighted by Crippen LogP contribution is 2.17. The number of nitrogen functional groups attached to an aromatic ring is 1. The van der Waals surface area contributed by atoms with E-state index in [4.69, 9.17) is 10.6 Å². The number of hydrogen-bond acceptors (Lipinski definition) is 5. The molecule has 17 heavy (non-hydrogen) atoms. The normalized spacial score (nSPS) is 12.2. The van der Waals surface area contributed by atoms with Gasteiger partial charge >= 0.3 is 0 Å². The van der Waals surface area contributed by atoms with Crippen molar-refractivity contribution in [2.24, 2.45) is 5.84 Å². The second kappa shape index (κ2) is 7.09. The fraction of sp³-hybridized carbons (Fsp3) is 0.583. The van der Waals surface area contributed by atoms with Gasteiger partial charge in [-0.25, -0.2) is 10.8 Å². The molecule has 96 valence electrons. The Kier molecular flexibility index (Phi) is 5.72. The Balaban J connectivity index is 2.86. The van der Waals surface area contributed by atoms with Crippen molar-refractivity contribution in [1.29, 1.82) is 0 Å². The number of methoxy groups -OCH3 is 1. The minimum absolute atomic E-state index is 0.422. The van der Waals surface area contributed by atoms with Gasteiger partial charge in [0.05, 0.1) is 6.61 Å². The van der Waals surface area contributed by atoms with Gasteiger partial charge in [-0.05, 0) is 25.5 Å². The van der Waals surface area contributed by atoms with E-state index in [1.807, 2.05) is 18.2 Å². The van der Waals surface area contributed by atoms with Crippen LogP contribution in [0.1, 0.15) is 20.3 Å². The van der Waals surface area contributed by atoms with Crippen molar-refractivity contribution in [2.45, 2.75) is 26.3 Å². The summed E-state index contributed by atoms with van der Waals surface area (Å²) < 4.78 is 5.14. The molecule has 0 saturated carbocycles. The van der Waals surface area contributed by atoms with Gasteiger partial charge in [-0.15, -0.1) is 0 Å². The Morgan fingerprint density at radius 1 is 1.53 bits per heavy atom. The summed E-state index contributed by atoms with van der Waals surface area (Å²) in [5.41, 5.74) is 2.57. The zero-order valence-corrected chi connectivity index (χ0v) is 10.8. The van der Waals surface area contributed by atoms with Gasteiger partial charge in [0.1, 0.15) is 11.6 Å². The van der Waals surface area contributed by atoms with Gasteiger partial charge in [0, 0.05) is 19.7 Å². The number of ether oxygens (including phenoxy) is 1. The molecule has 1 aromatic rings. The Morgan fingerprint density at radius 2 is 2.29 bits per heavy atom. The molecule has 0 aromatic carbocycles. The molecule has 0 radical (unpaired) electrons. The van der Waals surface area contributed by atoms with E-state index in [-0.39, 0.29) is 0 Å². The Hall–Kier alpha value is -1.33. The predicted octanol–water partition coefficient (Wildman–Crippen LogP) is 1.62. The van der Waals surface area contributed by atoms with Crippen molar-refractivity contribution in [3.8, 4) is 0 Å². The monoisotopic (exact) mass is 238 g/mol. The van der Waals surface area contributed by atoms with E-state index < -0.39 is 0 Å². The molecule has 0 aliphatic rings. The topological polar surface area (TPSA) is 63.4 Å². The van der Waals surface area contributed by atoms with Crippen LogP contribution in [0.4, 0.5) is 11.6 Å². The molecule has 0 amide bonds. The lowest BCUT2D eigenvalue weighted by Gasteiger charge is -2.29. The van der Waals surface area contributed by atoms with E-state index in [2.05, 4.69) is 29.2 Å². The van der Waals surface area contributed by atoms with Gasteiger partial charge in [0.15, 0.2) is 0 Å². The molecule has 5 heteroatoms. The Morgan fingerprint density at radius 3 is 2.88 bits per heavy atom. The lowest BCUT2D eigenvalue weighted by atomic mass is 10.2. The third-order valence-electron chi connectivity index (χ3n) is 2.84. The van der Waals surface area contributed by atoms with E-state index in [0.717, 1.165) is 18.8 Å². The third-order valence-corrected chi connectivity index (χ3v) is 2.84. The maximum Gasteiger partial charge on any atom is 0.142 e. The van der Waals surface area contributed by atoms with Gasteiger partial charge < -0.3 is 15.1 Å². The largest absolute Gasteiger partial charge is 0.383 e. The van der Waals surface area contributed by atoms with Crippen LogP contribution in [0.3, 0.4) is 0 Å². The lowest BCUT2D eigenvalue weighted by Crippen LogP contribution is -2.36. The molecule has 1 heterocycles. The van der Waals surface area contributed by atoms with Crippen LogP contribution in [-0.4, -0.2) is 31.3 Å². The minimum atomic E-state index is 0.422. The summed E-state index contributed by atoms with van der Waals surface area (Å²) in [5.74, 6) is 6.97. The molecule has 1 aromatic heterocycles. The van der Waals surface area contributed by atoms with Gasteiger partial charge in [0.2, 0.25) is 0 Å². The van der Waals surface area contributed by atoms with Crippen molar-refractivity contribution < 1.29 is 4.74 Å². The fourth-order valence-corrected chi connectivity index (χ4v) is 1.63. The first-order valence-electron chi connectivity index (χ1n) is 5.92. The molecule has 0 bridgehead atoms. The van der Waals surface area contributed by atoms with Crippen molar-refractivity contribution >= 4 is 11.6 Å². The van der Waals surface area contributed by atoms with Crippen LogP contribution in [0, 0.1) is 0 Å². The SMILES string of the molecule is CCC(C)N(CCOC)c1cccc(NN)n1. The lowest BCUT2D eigenvalue weighted by molar-refractivity contribution is 0.203. The van der Waals surface area contributed by atoms with E-state index >= 15 is 0 Å². The third kappa shape index (κ3) is 3.87. The minimum Gasteiger partial charge on any atom is -0.383 e. The van der Waals surface area contributed by atoms with Crippen LogP contribution in [-0.2, 0) is 4.74 Å². The molecular weight excluding hydrogens is 216 g/mol. The molecule has 1 atom stereocenters. The molecule has 0 aliphatic heterocycles. The average molecular weight is 238 g/mol. The number of aromatic nitrogens is 1. The zero-order chi connectivity index (χ0) is 12.7. The summed E-state index contributed by atoms with van der Waals surface area (Å²) >= 11 is 0. The molecule has 5 nitrogen and oxygen atoms in total. The first-order chi connectivity index (χ1) is 8.22. The standard InChI is InChI=1S/C12H22N4O/c1-4-10(2)16(8-9-17-3)12-7-5-6-11(14-12)15-13/h5-7,10H,4,8-9,13H2,1-3H3,(H,14,15). The van der Waals surface area contributed by atoms with Crippen molar-refractivity contribution in [1.82, 2.24) is 4.98 Å². The number of pyridine rings is 1. The summed E-state index contributed by atoms with van der Waals surface area (Å²) in [7, 11) is 1.71. The molecular formula is C12H22N4O. The summed E-state index contributed by atoms with van der Waals surface area (Å²) in [5, 5.41) is 0. The number of nitrogens with one attached hydrogen (secondary N) is 1. The predicted molar refractivity (Wildman–Crippen MR) is 71.0 cm³/mol. The van der Waals surface area contributed by atoms with Crippen LogP contribution >= 0.6 is 0 Å². The van der Waals surface area contributed by atoms with Gasteiger partial charge in [-0.3, -0.25) is 0 Å². The first-order valence-corrected chi connectivity index (χ1v) is 5.92. The van der Waals surface area contributed by atoms with Crippen LogP contribution in [0.2, 0.25) is 0 Å². The molecule has 0 fully saturated rings. The summed E-state index contributed by atoms with van der Waals surface area (Å²) in [6, 6.07) is 6.20. The van der Waals surface area contributed by atoms with Gasteiger partial charge in [-0.2, -0.15) is 0 Å². The van der Waals surface area contributed by atoms with E-state index in [0.29, 0.717) is 18.5 Å². The molecule has 0 saturated heterocycles. The smallest absolute Gasteiger partial charge is 0.142 e. The highest BCUT2D eigenvalue weighted by Gasteiger charge is 2.14. The van der Waals surface area contributed by atoms with Crippen molar-refractivity contribution in [3.63, 3.8) is 0 Å². The van der Waals surface area contributed by atoms with Crippen LogP contribution in [0.15, 0.2) is 18.2 Å². The first kappa shape index (κ1) is 13.7. The molecule has 3 N–H and O–H groups in total. The molecule has 1 unspecified atom stereocenters. The second-order valence-corrected chi connectivity index (χ2v) is 3.97. The molecule has 0 spiro atoms. The van der Waals surface area contributed by atoms with Crippen molar-refractivity contribution in [3.05, 3.63) is 18.2 Å². The quantitative estimate of drug-likeness (QED) is 0.558. The van der Waals surface area contributed by atoms with Gasteiger partial charge in [-0.1, -0.05) is 13.0 Å². The van der Waals surface area contributed by atoms with E-state index in [1.54, 1.807) is 7.11 Å². The Labute approximate surface area is 103 Å². The highest BCUT2D eigenvalue weighted by atomic mass is 16.5. The van der Waals surface area contributed by atoms with E-state index in [1.165, 1.54) is 0 Å². The summed E-state index contributed by atoms with van der Waals surface area (Å²) in [4.78, 5) is 6.67. The zero-order valence-electron chi connectivity index (χ0n) is 10.8. The number of rotatable bonds is 7. The molecule has 0 aliphatic carbocycles. The highest BCUT2D eigenvalue weighted by molar-refractivity contribution is 5.47. The van der Waals surface area contributed by atoms with Gasteiger partial charge in [0.25, 0.3) is 0 Å². The number of hydrogen-bond donors (Lipinski definition) is 2. The van der Waals surface area contributed by atoms with Crippen molar-refractivity contribution in [2.75, 3.05) is 30.6 Å². The van der Waals surface area contributed by atoms with E-state index in [9.17, 15) is 0 Å². The second-order valence-electron chi connectivity index (χ2n) is 3.97. The number of anilines is 2. The summed E-state index contributed by atoms with van der Waals surface area (Å²) in [6.45, 7) is 5.86. The Bertz CT molecular complexity index is 332. The number of nitrogens with two attached hydrogens (primary N) is 1. The fourth-order valence-electron chi connectivity index (χ4n) is 1.63. The summed E-state index contributed by atoms with van der Waals surface area (Å²) in [6.07, 6.45) is 1.06. The number of hydrazine groups is 1. The molecule has 1 rings (SSSR count).